The highest BCUT2D eigenvalue weighted by atomic mass is 19.1. The molecule has 0 atom stereocenters. The van der Waals surface area contributed by atoms with Crippen molar-refractivity contribution in [2.24, 2.45) is 5.73 Å². The van der Waals surface area contributed by atoms with Crippen LogP contribution in [0.3, 0.4) is 0 Å². The van der Waals surface area contributed by atoms with E-state index in [9.17, 15) is 4.39 Å². The topological polar surface area (TPSA) is 29.3 Å². The van der Waals surface area contributed by atoms with Gasteiger partial charge in [-0.3, -0.25) is 0 Å². The van der Waals surface area contributed by atoms with Crippen molar-refractivity contribution < 1.29 is 4.39 Å². The number of nitrogens with two attached hydrogens (primary N) is 1. The van der Waals surface area contributed by atoms with Crippen molar-refractivity contribution in [1.29, 1.82) is 0 Å². The number of rotatable bonds is 3. The van der Waals surface area contributed by atoms with Crippen LogP contribution in [0.15, 0.2) is 24.3 Å². The Morgan fingerprint density at radius 1 is 1.28 bits per heavy atom. The summed E-state index contributed by atoms with van der Waals surface area (Å²) in [5.41, 5.74) is 6.61. The molecule has 2 rings (SSSR count). The molecule has 2 N–H and O–H groups in total. The van der Waals surface area contributed by atoms with Crippen LogP contribution in [0.25, 0.3) is 0 Å². The van der Waals surface area contributed by atoms with Crippen LogP contribution in [0.2, 0.25) is 0 Å². The second-order valence-electron chi connectivity index (χ2n) is 5.59. The molecule has 100 valence electrons. The first-order valence-corrected chi connectivity index (χ1v) is 6.78. The van der Waals surface area contributed by atoms with E-state index in [1.165, 1.54) is 0 Å². The Hall–Kier alpha value is -0.930. The molecule has 1 saturated heterocycles. The van der Waals surface area contributed by atoms with E-state index in [-0.39, 0.29) is 11.2 Å². The molecular weight excluding hydrogens is 227 g/mol. The first kappa shape index (κ1) is 13.5. The number of hydrogen-bond acceptors (Lipinski definition) is 2. The van der Waals surface area contributed by atoms with E-state index >= 15 is 0 Å². The molecule has 1 aromatic rings. The van der Waals surface area contributed by atoms with Crippen molar-refractivity contribution >= 4 is 0 Å². The number of halogens is 1. The molecule has 1 heterocycles. The molecule has 1 aliphatic rings. The fourth-order valence-electron chi connectivity index (χ4n) is 2.94. The largest absolute Gasteiger partial charge is 0.330 e. The molecule has 0 aliphatic carbocycles. The number of piperidine rings is 1. The van der Waals surface area contributed by atoms with Crippen molar-refractivity contribution in [3.05, 3.63) is 35.6 Å². The highest BCUT2D eigenvalue weighted by molar-refractivity contribution is 5.28. The molecule has 3 heteroatoms. The Kier molecular flexibility index (Phi) is 4.03. The predicted octanol–water partition coefficient (Wildman–Crippen LogP) is 2.53. The van der Waals surface area contributed by atoms with Gasteiger partial charge in [-0.15, -0.1) is 0 Å². The van der Waals surface area contributed by atoms with E-state index in [0.29, 0.717) is 12.6 Å². The normalized spacial score (nSPS) is 20.3. The SMILES string of the molecule is CC(C)N1CCC(CN)(c2ccccc2F)CC1. The molecule has 0 aromatic heterocycles. The molecule has 0 spiro atoms. The third-order valence-corrected chi connectivity index (χ3v) is 4.32. The van der Waals surface area contributed by atoms with Crippen LogP contribution in [0.5, 0.6) is 0 Å². The molecule has 1 aliphatic heterocycles. The Morgan fingerprint density at radius 2 is 1.89 bits per heavy atom. The van der Waals surface area contributed by atoms with Gasteiger partial charge in [-0.2, -0.15) is 0 Å². The van der Waals surface area contributed by atoms with Gasteiger partial charge < -0.3 is 10.6 Å². The Labute approximate surface area is 109 Å². The summed E-state index contributed by atoms with van der Waals surface area (Å²) in [4.78, 5) is 2.44. The zero-order valence-corrected chi connectivity index (χ0v) is 11.3. The molecule has 0 amide bonds. The fourth-order valence-corrected chi connectivity index (χ4v) is 2.94. The molecule has 2 nitrogen and oxygen atoms in total. The Balaban J connectivity index is 2.22. The summed E-state index contributed by atoms with van der Waals surface area (Å²) in [7, 11) is 0. The highest BCUT2D eigenvalue weighted by Gasteiger charge is 2.37. The van der Waals surface area contributed by atoms with Crippen molar-refractivity contribution in [3.8, 4) is 0 Å². The highest BCUT2D eigenvalue weighted by Crippen LogP contribution is 2.36. The van der Waals surface area contributed by atoms with Crippen LogP contribution in [-0.4, -0.2) is 30.6 Å². The predicted molar refractivity (Wildman–Crippen MR) is 73.1 cm³/mol. The van der Waals surface area contributed by atoms with E-state index in [0.717, 1.165) is 31.5 Å². The minimum Gasteiger partial charge on any atom is -0.330 e. The average Bonchev–Trinajstić information content (AvgIpc) is 2.39. The van der Waals surface area contributed by atoms with Crippen LogP contribution >= 0.6 is 0 Å². The fraction of sp³-hybridized carbons (Fsp3) is 0.600. The van der Waals surface area contributed by atoms with Crippen LogP contribution in [0, 0.1) is 5.82 Å². The second-order valence-corrected chi connectivity index (χ2v) is 5.59. The summed E-state index contributed by atoms with van der Waals surface area (Å²) >= 11 is 0. The van der Waals surface area contributed by atoms with Gasteiger partial charge in [0.05, 0.1) is 0 Å². The van der Waals surface area contributed by atoms with Crippen molar-refractivity contribution in [2.45, 2.75) is 38.1 Å². The first-order valence-electron chi connectivity index (χ1n) is 6.78. The van der Waals surface area contributed by atoms with Crippen molar-refractivity contribution in [2.75, 3.05) is 19.6 Å². The molecule has 0 bridgehead atoms. The zero-order valence-electron chi connectivity index (χ0n) is 11.3. The summed E-state index contributed by atoms with van der Waals surface area (Å²) < 4.78 is 14.0. The maximum atomic E-state index is 14.0. The molecule has 1 aromatic carbocycles. The van der Waals surface area contributed by atoms with Gasteiger partial charge in [0, 0.05) is 18.0 Å². The number of benzene rings is 1. The van der Waals surface area contributed by atoms with Crippen molar-refractivity contribution in [1.82, 2.24) is 4.90 Å². The van der Waals surface area contributed by atoms with E-state index in [1.807, 2.05) is 12.1 Å². The first-order chi connectivity index (χ1) is 8.59. The third kappa shape index (κ3) is 2.43. The average molecular weight is 250 g/mol. The maximum Gasteiger partial charge on any atom is 0.127 e. The van der Waals surface area contributed by atoms with Gasteiger partial charge in [0.25, 0.3) is 0 Å². The standard InChI is InChI=1S/C15H23FN2/c1-12(2)18-9-7-15(11-17,8-10-18)13-5-3-4-6-14(13)16/h3-6,12H,7-11,17H2,1-2H3. The van der Waals surface area contributed by atoms with Crippen LogP contribution < -0.4 is 5.73 Å². The minimum atomic E-state index is -0.170. The van der Waals surface area contributed by atoms with E-state index < -0.39 is 0 Å². The molecule has 0 saturated carbocycles. The number of likely N-dealkylation sites (tertiary alicyclic amines) is 1. The van der Waals surface area contributed by atoms with Crippen LogP contribution in [-0.2, 0) is 5.41 Å². The maximum absolute atomic E-state index is 14.0. The minimum absolute atomic E-state index is 0.110. The lowest BCUT2D eigenvalue weighted by Crippen LogP contribution is -2.49. The van der Waals surface area contributed by atoms with Gasteiger partial charge in [-0.05, 0) is 51.4 Å². The summed E-state index contributed by atoms with van der Waals surface area (Å²) in [6, 6.07) is 7.65. The van der Waals surface area contributed by atoms with Crippen molar-refractivity contribution in [3.63, 3.8) is 0 Å². The van der Waals surface area contributed by atoms with Gasteiger partial charge in [0.15, 0.2) is 0 Å². The summed E-state index contributed by atoms with van der Waals surface area (Å²) in [5.74, 6) is -0.110. The van der Waals surface area contributed by atoms with Crippen LogP contribution in [0.4, 0.5) is 4.39 Å². The smallest absolute Gasteiger partial charge is 0.127 e. The van der Waals surface area contributed by atoms with Gasteiger partial charge in [0.2, 0.25) is 0 Å². The summed E-state index contributed by atoms with van der Waals surface area (Å²) in [6.07, 6.45) is 1.89. The van der Waals surface area contributed by atoms with Gasteiger partial charge in [-0.25, -0.2) is 4.39 Å². The number of hydrogen-bond donors (Lipinski definition) is 1. The van der Waals surface area contributed by atoms with E-state index in [4.69, 9.17) is 5.73 Å². The van der Waals surface area contributed by atoms with E-state index in [1.54, 1.807) is 12.1 Å². The lowest BCUT2D eigenvalue weighted by molar-refractivity contribution is 0.130. The van der Waals surface area contributed by atoms with Crippen LogP contribution in [0.1, 0.15) is 32.3 Å². The zero-order chi connectivity index (χ0) is 13.2. The number of nitrogens with zero attached hydrogens (tertiary/aromatic N) is 1. The third-order valence-electron chi connectivity index (χ3n) is 4.32. The quantitative estimate of drug-likeness (QED) is 0.893. The van der Waals surface area contributed by atoms with Gasteiger partial charge >= 0.3 is 0 Å². The summed E-state index contributed by atoms with van der Waals surface area (Å²) in [6.45, 7) is 6.95. The van der Waals surface area contributed by atoms with Gasteiger partial charge in [0.1, 0.15) is 5.82 Å². The molecule has 18 heavy (non-hydrogen) atoms. The Bertz CT molecular complexity index is 395. The monoisotopic (exact) mass is 250 g/mol. The lowest BCUT2D eigenvalue weighted by Gasteiger charge is -2.43. The molecule has 0 unspecified atom stereocenters. The molecular formula is C15H23FN2. The summed E-state index contributed by atoms with van der Waals surface area (Å²) in [5, 5.41) is 0. The second kappa shape index (κ2) is 5.37. The molecule has 1 fully saturated rings. The lowest BCUT2D eigenvalue weighted by atomic mass is 9.72. The van der Waals surface area contributed by atoms with E-state index in [2.05, 4.69) is 18.7 Å². The van der Waals surface area contributed by atoms with Gasteiger partial charge in [-0.1, -0.05) is 18.2 Å². The molecule has 0 radical (unpaired) electrons. The Morgan fingerprint density at radius 3 is 2.39 bits per heavy atom.